The van der Waals surface area contributed by atoms with Crippen LogP contribution < -0.4 is 14.8 Å². The minimum Gasteiger partial charge on any atom is -0.506 e. The van der Waals surface area contributed by atoms with Crippen LogP contribution in [0.3, 0.4) is 0 Å². The van der Waals surface area contributed by atoms with Crippen molar-refractivity contribution in [3.05, 3.63) is 83.9 Å². The Morgan fingerprint density at radius 3 is 2.35 bits per heavy atom. The molecule has 1 unspecified atom stereocenters. The fraction of sp³-hybridized carbons (Fsp3) is 0.367. The number of carboxylic acid groups (broad SMARTS) is 1. The second kappa shape index (κ2) is 13.6. The van der Waals surface area contributed by atoms with Crippen LogP contribution in [0.4, 0.5) is 5.69 Å². The van der Waals surface area contributed by atoms with E-state index in [2.05, 4.69) is 10.0 Å². The predicted octanol–water partition coefficient (Wildman–Crippen LogP) is 4.41. The molecule has 3 aromatic carbocycles. The summed E-state index contributed by atoms with van der Waals surface area (Å²) in [6.07, 6.45) is 5.51. The molecule has 10 heteroatoms. The van der Waals surface area contributed by atoms with E-state index in [1.54, 1.807) is 30.3 Å². The molecule has 40 heavy (non-hydrogen) atoms. The molecular formula is C30H36N2O7S. The fourth-order valence-electron chi connectivity index (χ4n) is 4.88. The van der Waals surface area contributed by atoms with Crippen LogP contribution in [0.5, 0.6) is 11.5 Å². The molecule has 9 nitrogen and oxygen atoms in total. The maximum atomic E-state index is 12.6. The summed E-state index contributed by atoms with van der Waals surface area (Å²) < 4.78 is 33.2. The van der Waals surface area contributed by atoms with E-state index in [0.29, 0.717) is 29.8 Å². The smallest absolute Gasteiger partial charge is 0.335 e. The van der Waals surface area contributed by atoms with Crippen LogP contribution in [0.1, 0.15) is 48.0 Å². The van der Waals surface area contributed by atoms with E-state index in [-0.39, 0.29) is 22.9 Å². The summed E-state index contributed by atoms with van der Waals surface area (Å²) in [4.78, 5) is 11.1. The zero-order valence-electron chi connectivity index (χ0n) is 22.2. The lowest BCUT2D eigenvalue weighted by atomic mass is 9.82. The van der Waals surface area contributed by atoms with Crippen molar-refractivity contribution in [3.63, 3.8) is 0 Å². The lowest BCUT2D eigenvalue weighted by Gasteiger charge is -2.30. The van der Waals surface area contributed by atoms with Crippen molar-refractivity contribution in [1.82, 2.24) is 5.32 Å². The molecule has 214 valence electrons. The van der Waals surface area contributed by atoms with Gasteiger partial charge in [-0.1, -0.05) is 30.3 Å². The Labute approximate surface area is 234 Å². The highest BCUT2D eigenvalue weighted by Crippen LogP contribution is 2.31. The number of carboxylic acids is 1. The van der Waals surface area contributed by atoms with Gasteiger partial charge in [0, 0.05) is 18.7 Å². The number of aliphatic hydroxyl groups is 1. The standard InChI is InChI=1S/C30H36N2O7S/c33-25(19-31-24-14-10-22(11-15-24)7-6-21-8-12-23(13-9-21)30(35)36)20-39-26-16-17-29(34)28(18-26)32-40(37,38)27-4-2-1-3-5-27/h1-5,8-9,12-13,16-18,22,24-25,31-34H,6-7,10-11,14-15,19-20H2,(H,35,36). The van der Waals surface area contributed by atoms with Gasteiger partial charge in [0.25, 0.3) is 10.0 Å². The molecule has 4 rings (SSSR count). The Morgan fingerprint density at radius 2 is 1.68 bits per heavy atom. The minimum absolute atomic E-state index is 0.0111. The van der Waals surface area contributed by atoms with E-state index >= 15 is 0 Å². The molecule has 1 aliphatic carbocycles. The van der Waals surface area contributed by atoms with Gasteiger partial charge in [-0.15, -0.1) is 0 Å². The van der Waals surface area contributed by atoms with Crippen molar-refractivity contribution in [2.24, 2.45) is 5.92 Å². The van der Waals surface area contributed by atoms with Crippen molar-refractivity contribution < 1.29 is 33.3 Å². The van der Waals surface area contributed by atoms with Crippen LogP contribution in [0, 0.1) is 5.92 Å². The lowest BCUT2D eigenvalue weighted by Crippen LogP contribution is -2.40. The number of aromatic carboxylic acids is 1. The number of benzene rings is 3. The third-order valence-electron chi connectivity index (χ3n) is 7.24. The predicted molar refractivity (Wildman–Crippen MR) is 152 cm³/mol. The van der Waals surface area contributed by atoms with Crippen molar-refractivity contribution in [1.29, 1.82) is 0 Å². The number of aryl methyl sites for hydroxylation is 1. The average Bonchev–Trinajstić information content (AvgIpc) is 2.96. The van der Waals surface area contributed by atoms with Gasteiger partial charge in [-0.05, 0) is 86.4 Å². The quantitative estimate of drug-likeness (QED) is 0.191. The van der Waals surface area contributed by atoms with Crippen molar-refractivity contribution in [3.8, 4) is 11.5 Å². The largest absolute Gasteiger partial charge is 0.506 e. The number of aliphatic hydroxyl groups excluding tert-OH is 1. The topological polar surface area (TPSA) is 145 Å². The highest BCUT2D eigenvalue weighted by atomic mass is 32.2. The Bertz CT molecular complexity index is 1360. The van der Waals surface area contributed by atoms with Crippen LogP contribution in [-0.4, -0.2) is 55.0 Å². The number of ether oxygens (including phenoxy) is 1. The second-order valence-electron chi connectivity index (χ2n) is 10.2. The first-order valence-corrected chi connectivity index (χ1v) is 15.0. The zero-order chi connectivity index (χ0) is 28.5. The Hall–Kier alpha value is -3.60. The normalized spacial score (nSPS) is 18.1. The fourth-order valence-corrected chi connectivity index (χ4v) is 5.97. The van der Waals surface area contributed by atoms with Crippen molar-refractivity contribution >= 4 is 21.7 Å². The maximum Gasteiger partial charge on any atom is 0.335 e. The van der Waals surface area contributed by atoms with Gasteiger partial charge in [0.15, 0.2) is 0 Å². The van der Waals surface area contributed by atoms with E-state index in [1.807, 2.05) is 12.1 Å². The summed E-state index contributed by atoms with van der Waals surface area (Å²) in [7, 11) is -3.88. The molecule has 1 fully saturated rings. The summed E-state index contributed by atoms with van der Waals surface area (Å²) >= 11 is 0. The molecular weight excluding hydrogens is 532 g/mol. The summed E-state index contributed by atoms with van der Waals surface area (Å²) in [6, 6.07) is 19.5. The molecule has 1 atom stereocenters. The van der Waals surface area contributed by atoms with Crippen LogP contribution in [0.2, 0.25) is 0 Å². The molecule has 0 saturated heterocycles. The molecule has 0 heterocycles. The molecule has 0 spiro atoms. The van der Waals surface area contributed by atoms with E-state index < -0.39 is 22.1 Å². The van der Waals surface area contributed by atoms with Gasteiger partial charge in [-0.2, -0.15) is 0 Å². The van der Waals surface area contributed by atoms with E-state index in [1.165, 1.54) is 30.3 Å². The molecule has 1 saturated carbocycles. The van der Waals surface area contributed by atoms with Gasteiger partial charge in [-0.3, -0.25) is 4.72 Å². The first-order valence-electron chi connectivity index (χ1n) is 13.5. The molecule has 5 N–H and O–H groups in total. The number of sulfonamides is 1. The summed E-state index contributed by atoms with van der Waals surface area (Å²) in [5.74, 6) is -0.192. The van der Waals surface area contributed by atoms with Gasteiger partial charge >= 0.3 is 5.97 Å². The second-order valence-corrected chi connectivity index (χ2v) is 11.9. The third kappa shape index (κ3) is 8.45. The number of hydrogen-bond donors (Lipinski definition) is 5. The van der Waals surface area contributed by atoms with Crippen molar-refractivity contribution in [2.45, 2.75) is 55.6 Å². The Kier molecular flexibility index (Phi) is 10.0. The van der Waals surface area contributed by atoms with Gasteiger partial charge in [0.05, 0.1) is 16.1 Å². The number of hydrogen-bond acceptors (Lipinski definition) is 7. The molecule has 0 bridgehead atoms. The number of phenols is 1. The summed E-state index contributed by atoms with van der Waals surface area (Å²) in [6.45, 7) is 0.384. The molecule has 0 amide bonds. The number of nitrogens with one attached hydrogen (secondary N) is 2. The third-order valence-corrected chi connectivity index (χ3v) is 8.62. The van der Waals surface area contributed by atoms with E-state index in [0.717, 1.165) is 44.1 Å². The zero-order valence-corrected chi connectivity index (χ0v) is 23.0. The molecule has 0 radical (unpaired) electrons. The van der Waals surface area contributed by atoms with Crippen molar-refractivity contribution in [2.75, 3.05) is 17.9 Å². The first kappa shape index (κ1) is 29.4. The van der Waals surface area contributed by atoms with Crippen LogP contribution in [0.15, 0.2) is 77.7 Å². The summed E-state index contributed by atoms with van der Waals surface area (Å²) in [5, 5.41) is 33.0. The van der Waals surface area contributed by atoms with Crippen LogP contribution in [0.25, 0.3) is 0 Å². The number of phenolic OH excluding ortho intramolecular Hbond substituents is 1. The van der Waals surface area contributed by atoms with Gasteiger partial charge in [0.1, 0.15) is 24.2 Å². The SMILES string of the molecule is O=C(O)c1ccc(CCC2CCC(NCC(O)COc3ccc(O)c(NS(=O)(=O)c4ccccc4)c3)CC2)cc1. The monoisotopic (exact) mass is 568 g/mol. The number of aromatic hydroxyl groups is 1. The Balaban J connectivity index is 1.17. The van der Waals surface area contributed by atoms with E-state index in [9.17, 15) is 23.4 Å². The van der Waals surface area contributed by atoms with Crippen LogP contribution >= 0.6 is 0 Å². The molecule has 0 aromatic heterocycles. The van der Waals surface area contributed by atoms with Gasteiger partial charge in [0.2, 0.25) is 0 Å². The lowest BCUT2D eigenvalue weighted by molar-refractivity contribution is 0.0696. The highest BCUT2D eigenvalue weighted by Gasteiger charge is 2.22. The average molecular weight is 569 g/mol. The number of rotatable bonds is 13. The molecule has 1 aliphatic rings. The Morgan fingerprint density at radius 1 is 0.975 bits per heavy atom. The van der Waals surface area contributed by atoms with Gasteiger partial charge in [-0.25, -0.2) is 13.2 Å². The number of anilines is 1. The first-order chi connectivity index (χ1) is 19.2. The molecule has 0 aliphatic heterocycles. The molecule has 3 aromatic rings. The maximum absolute atomic E-state index is 12.6. The number of carbonyl (C=O) groups is 1. The van der Waals surface area contributed by atoms with Crippen LogP contribution in [-0.2, 0) is 16.4 Å². The summed E-state index contributed by atoms with van der Waals surface area (Å²) in [5.41, 5.74) is 1.45. The minimum atomic E-state index is -3.88. The van der Waals surface area contributed by atoms with E-state index in [4.69, 9.17) is 9.84 Å². The highest BCUT2D eigenvalue weighted by molar-refractivity contribution is 7.92. The van der Waals surface area contributed by atoms with Gasteiger partial charge < -0.3 is 25.4 Å².